The molecule has 0 atom stereocenters. The van der Waals surface area contributed by atoms with E-state index < -0.39 is 0 Å². The fourth-order valence-corrected chi connectivity index (χ4v) is 2.76. The molecular formula is C16H16N2O2S. The summed E-state index contributed by atoms with van der Waals surface area (Å²) in [6, 6.07) is 13.9. The number of nitrogens with one attached hydrogen (secondary N) is 1. The van der Waals surface area contributed by atoms with Crippen molar-refractivity contribution in [2.45, 2.75) is 6.61 Å². The first kappa shape index (κ1) is 13.9. The van der Waals surface area contributed by atoms with E-state index in [0.29, 0.717) is 11.4 Å². The van der Waals surface area contributed by atoms with Crippen molar-refractivity contribution in [1.82, 2.24) is 9.55 Å². The first-order chi connectivity index (χ1) is 10.2. The molecule has 2 aromatic carbocycles. The fourth-order valence-electron chi connectivity index (χ4n) is 2.46. The minimum atomic E-state index is 0.536. The van der Waals surface area contributed by atoms with Crippen molar-refractivity contribution < 1.29 is 9.47 Å². The van der Waals surface area contributed by atoms with Crippen molar-refractivity contribution in [3.05, 3.63) is 52.8 Å². The van der Waals surface area contributed by atoms with Gasteiger partial charge in [0, 0.05) is 18.7 Å². The average molecular weight is 300 g/mol. The standard InChI is InChI=1S/C16H16N2O2S/c1-19-10-11-5-3-4-6-14(11)18-15-9-12(20-2)7-8-13(15)17-16(18)21/h3-9H,10H2,1-2H3,(H,17,21). The van der Waals surface area contributed by atoms with E-state index in [1.54, 1.807) is 14.2 Å². The molecule has 0 bridgehead atoms. The second-order valence-corrected chi connectivity index (χ2v) is 5.10. The topological polar surface area (TPSA) is 39.2 Å². The van der Waals surface area contributed by atoms with Gasteiger partial charge < -0.3 is 14.5 Å². The third-order valence-electron chi connectivity index (χ3n) is 3.42. The lowest BCUT2D eigenvalue weighted by Gasteiger charge is -2.11. The largest absolute Gasteiger partial charge is 0.497 e. The molecule has 0 unspecified atom stereocenters. The third kappa shape index (κ3) is 2.46. The van der Waals surface area contributed by atoms with Gasteiger partial charge in [-0.1, -0.05) is 18.2 Å². The summed E-state index contributed by atoms with van der Waals surface area (Å²) in [4.78, 5) is 3.23. The molecule has 5 heteroatoms. The van der Waals surface area contributed by atoms with Gasteiger partial charge in [-0.05, 0) is 30.4 Å². The highest BCUT2D eigenvalue weighted by atomic mass is 32.1. The van der Waals surface area contributed by atoms with E-state index in [4.69, 9.17) is 21.7 Å². The number of rotatable bonds is 4. The third-order valence-corrected chi connectivity index (χ3v) is 3.71. The lowest BCUT2D eigenvalue weighted by Crippen LogP contribution is -2.00. The molecule has 108 valence electrons. The van der Waals surface area contributed by atoms with E-state index in [1.165, 1.54) is 0 Å². The number of benzene rings is 2. The Morgan fingerprint density at radius 3 is 2.71 bits per heavy atom. The zero-order valence-electron chi connectivity index (χ0n) is 11.9. The van der Waals surface area contributed by atoms with E-state index in [-0.39, 0.29) is 0 Å². The van der Waals surface area contributed by atoms with E-state index >= 15 is 0 Å². The number of fused-ring (bicyclic) bond motifs is 1. The molecule has 1 heterocycles. The Labute approximate surface area is 127 Å². The van der Waals surface area contributed by atoms with Crippen molar-refractivity contribution in [2.24, 2.45) is 0 Å². The number of imidazole rings is 1. The summed E-state index contributed by atoms with van der Waals surface area (Å²) in [5, 5.41) is 0. The summed E-state index contributed by atoms with van der Waals surface area (Å²) < 4.78 is 13.3. The Morgan fingerprint density at radius 1 is 1.14 bits per heavy atom. The molecule has 0 aliphatic rings. The van der Waals surface area contributed by atoms with Crippen LogP contribution in [0.2, 0.25) is 0 Å². The molecule has 3 aromatic rings. The maximum atomic E-state index is 5.48. The zero-order valence-corrected chi connectivity index (χ0v) is 12.7. The van der Waals surface area contributed by atoms with Crippen LogP contribution in [0.3, 0.4) is 0 Å². The summed E-state index contributed by atoms with van der Waals surface area (Å²) in [7, 11) is 3.35. The first-order valence-electron chi connectivity index (χ1n) is 6.60. The molecular weight excluding hydrogens is 284 g/mol. The number of aromatic nitrogens is 2. The van der Waals surface area contributed by atoms with Gasteiger partial charge in [0.15, 0.2) is 4.77 Å². The van der Waals surface area contributed by atoms with Crippen LogP contribution in [0, 0.1) is 4.77 Å². The number of H-pyrrole nitrogens is 1. The summed E-state index contributed by atoms with van der Waals surface area (Å²) in [5.41, 5.74) is 4.07. The summed E-state index contributed by atoms with van der Waals surface area (Å²) >= 11 is 5.48. The lowest BCUT2D eigenvalue weighted by atomic mass is 10.2. The lowest BCUT2D eigenvalue weighted by molar-refractivity contribution is 0.185. The highest BCUT2D eigenvalue weighted by molar-refractivity contribution is 7.71. The van der Waals surface area contributed by atoms with Gasteiger partial charge in [0.25, 0.3) is 0 Å². The predicted octanol–water partition coefficient (Wildman–Crippen LogP) is 3.84. The maximum absolute atomic E-state index is 5.48. The Kier molecular flexibility index (Phi) is 3.77. The number of nitrogens with zero attached hydrogens (tertiary/aromatic N) is 1. The molecule has 4 nitrogen and oxygen atoms in total. The van der Waals surface area contributed by atoms with Gasteiger partial charge in [0.1, 0.15) is 5.75 Å². The second kappa shape index (κ2) is 5.71. The minimum Gasteiger partial charge on any atom is -0.497 e. The van der Waals surface area contributed by atoms with Gasteiger partial charge in [-0.3, -0.25) is 4.57 Å². The van der Waals surface area contributed by atoms with E-state index in [9.17, 15) is 0 Å². The van der Waals surface area contributed by atoms with Crippen LogP contribution < -0.4 is 4.74 Å². The Balaban J connectivity index is 2.29. The first-order valence-corrected chi connectivity index (χ1v) is 7.01. The van der Waals surface area contributed by atoms with Crippen LogP contribution >= 0.6 is 12.2 Å². The zero-order chi connectivity index (χ0) is 14.8. The summed E-state index contributed by atoms with van der Waals surface area (Å²) in [5.74, 6) is 0.800. The average Bonchev–Trinajstić information content (AvgIpc) is 2.83. The Hall–Kier alpha value is -2.11. The molecule has 0 amide bonds. The van der Waals surface area contributed by atoms with Crippen LogP contribution in [0.5, 0.6) is 5.75 Å². The van der Waals surface area contributed by atoms with Crippen LogP contribution in [0.25, 0.3) is 16.7 Å². The molecule has 0 aliphatic heterocycles. The van der Waals surface area contributed by atoms with Gasteiger partial charge in [-0.2, -0.15) is 0 Å². The molecule has 0 saturated carbocycles. The van der Waals surface area contributed by atoms with Crippen molar-refractivity contribution in [2.75, 3.05) is 14.2 Å². The molecule has 0 spiro atoms. The van der Waals surface area contributed by atoms with Crippen molar-refractivity contribution in [1.29, 1.82) is 0 Å². The second-order valence-electron chi connectivity index (χ2n) is 4.71. The van der Waals surface area contributed by atoms with Gasteiger partial charge in [-0.15, -0.1) is 0 Å². The number of ether oxygens (including phenoxy) is 2. The molecule has 0 aliphatic carbocycles. The van der Waals surface area contributed by atoms with Gasteiger partial charge >= 0.3 is 0 Å². The van der Waals surface area contributed by atoms with Crippen molar-refractivity contribution >= 4 is 23.3 Å². The van der Waals surface area contributed by atoms with Gasteiger partial charge in [-0.25, -0.2) is 0 Å². The summed E-state index contributed by atoms with van der Waals surface area (Å²) in [6.45, 7) is 0.536. The highest BCUT2D eigenvalue weighted by Gasteiger charge is 2.11. The molecule has 1 aromatic heterocycles. The smallest absolute Gasteiger partial charge is 0.182 e. The van der Waals surface area contributed by atoms with Crippen LogP contribution in [-0.2, 0) is 11.3 Å². The molecule has 3 rings (SSSR count). The van der Waals surface area contributed by atoms with Crippen LogP contribution in [-0.4, -0.2) is 23.8 Å². The Morgan fingerprint density at radius 2 is 1.95 bits per heavy atom. The molecule has 1 N–H and O–H groups in total. The van der Waals surface area contributed by atoms with Crippen molar-refractivity contribution in [3.8, 4) is 11.4 Å². The quantitative estimate of drug-likeness (QED) is 0.744. The van der Waals surface area contributed by atoms with E-state index in [1.807, 2.05) is 47.0 Å². The maximum Gasteiger partial charge on any atom is 0.182 e. The molecule has 0 radical (unpaired) electrons. The number of hydrogen-bond acceptors (Lipinski definition) is 3. The van der Waals surface area contributed by atoms with Crippen LogP contribution in [0.1, 0.15) is 5.56 Å². The van der Waals surface area contributed by atoms with Crippen LogP contribution in [0.4, 0.5) is 0 Å². The predicted molar refractivity (Wildman–Crippen MR) is 85.7 cm³/mol. The fraction of sp³-hybridized carbons (Fsp3) is 0.188. The minimum absolute atomic E-state index is 0.536. The number of para-hydroxylation sites is 1. The van der Waals surface area contributed by atoms with Gasteiger partial charge in [0.05, 0.1) is 30.4 Å². The highest BCUT2D eigenvalue weighted by Crippen LogP contribution is 2.26. The van der Waals surface area contributed by atoms with E-state index in [2.05, 4.69) is 4.98 Å². The van der Waals surface area contributed by atoms with Crippen LogP contribution in [0.15, 0.2) is 42.5 Å². The number of hydrogen-bond donors (Lipinski definition) is 1. The number of aromatic amines is 1. The van der Waals surface area contributed by atoms with E-state index in [0.717, 1.165) is 28.0 Å². The molecule has 0 saturated heterocycles. The molecule has 21 heavy (non-hydrogen) atoms. The number of methoxy groups -OCH3 is 2. The Bertz CT molecular complexity index is 836. The molecule has 0 fully saturated rings. The normalized spacial score (nSPS) is 11.0. The monoisotopic (exact) mass is 300 g/mol. The summed E-state index contributed by atoms with van der Waals surface area (Å²) in [6.07, 6.45) is 0. The van der Waals surface area contributed by atoms with Gasteiger partial charge in [0.2, 0.25) is 0 Å². The van der Waals surface area contributed by atoms with Crippen molar-refractivity contribution in [3.63, 3.8) is 0 Å². The SMILES string of the molecule is COCc1ccccc1-n1c(=S)[nH]c2ccc(OC)cc21.